The zero-order valence-electron chi connectivity index (χ0n) is 25.8. The van der Waals surface area contributed by atoms with Gasteiger partial charge in [-0.2, -0.15) is 11.8 Å². The third kappa shape index (κ3) is 9.42. The van der Waals surface area contributed by atoms with Crippen LogP contribution in [-0.2, 0) is 11.2 Å². The van der Waals surface area contributed by atoms with Crippen LogP contribution in [-0.4, -0.2) is 65.7 Å². The van der Waals surface area contributed by atoms with Crippen LogP contribution in [0.2, 0.25) is 0 Å². The molecule has 2 aromatic carbocycles. The maximum atomic E-state index is 13.4. The van der Waals surface area contributed by atoms with Crippen molar-refractivity contribution >= 4 is 23.6 Å². The van der Waals surface area contributed by atoms with Gasteiger partial charge in [0.05, 0.1) is 26.2 Å². The number of unbranched alkanes of at least 4 members (excludes halogenated alkanes) is 1. The molecule has 1 unspecified atom stereocenters. The van der Waals surface area contributed by atoms with E-state index in [1.54, 1.807) is 11.8 Å². The topological polar surface area (TPSA) is 66.4 Å². The summed E-state index contributed by atoms with van der Waals surface area (Å²) >= 11 is 1.58. The van der Waals surface area contributed by atoms with E-state index in [0.717, 1.165) is 40.2 Å². The molecule has 0 saturated heterocycles. The van der Waals surface area contributed by atoms with Gasteiger partial charge in [-0.15, -0.1) is 0 Å². The summed E-state index contributed by atoms with van der Waals surface area (Å²) in [5.74, 6) is -0.640. The zero-order valence-corrected chi connectivity index (χ0v) is 25.6. The molecule has 2 aromatic rings. The number of hydrogen-bond acceptors (Lipinski definition) is 3. The Labute approximate surface area is 253 Å². The Morgan fingerprint density at radius 2 is 1.82 bits per heavy atom. The fourth-order valence-corrected chi connectivity index (χ4v) is 6.33. The minimum atomic E-state index is -0.992. The van der Waals surface area contributed by atoms with E-state index in [1.807, 2.05) is 24.5 Å². The number of nitrogens with one attached hydrogen (secondary N) is 1. The minimum Gasteiger partial charge on any atom is -1.00 e. The van der Waals surface area contributed by atoms with Crippen molar-refractivity contribution in [2.75, 3.05) is 32.1 Å². The van der Waals surface area contributed by atoms with Crippen molar-refractivity contribution in [1.82, 2.24) is 5.32 Å². The summed E-state index contributed by atoms with van der Waals surface area (Å²) < 4.78 is 1.13. The Kier molecular flexibility index (Phi) is 14.2. The standard InChI is InChI=1S/C32H46N2O3S.Li.H/c1-5-6-20-34(3,26-13-8-7-9-14-26)21-18-25-16-17-28(29(23-25)27-15-11-10-12-24(27)2)31(35)33-30(32(36)37)19-22-38-4;;/h10-12,15-17,23,26,30H,5-9,13-14,18-22H2,1-4H3,(H-,33,35,36,37);;/q;+1;-1/p+1/t30-,34?;;/m0../s1. The van der Waals surface area contributed by atoms with Gasteiger partial charge in [-0.05, 0) is 85.8 Å². The fourth-order valence-electron chi connectivity index (χ4n) is 5.86. The van der Waals surface area contributed by atoms with Gasteiger partial charge in [-0.25, -0.2) is 4.79 Å². The number of rotatable bonds is 14. The molecule has 0 radical (unpaired) electrons. The normalized spacial score (nSPS) is 16.1. The summed E-state index contributed by atoms with van der Waals surface area (Å²) in [7, 11) is 2.45. The number of aliphatic carboxylic acids is 1. The summed E-state index contributed by atoms with van der Waals surface area (Å²) in [4.78, 5) is 25.2. The first-order valence-electron chi connectivity index (χ1n) is 14.3. The van der Waals surface area contributed by atoms with E-state index in [2.05, 4.69) is 50.5 Å². The summed E-state index contributed by atoms with van der Waals surface area (Å²) in [6, 6.07) is 14.1. The van der Waals surface area contributed by atoms with Gasteiger partial charge in [0.1, 0.15) is 6.04 Å². The number of carboxylic acid groups (broad SMARTS) is 1. The molecule has 7 heteroatoms. The molecule has 0 aromatic heterocycles. The molecule has 0 bridgehead atoms. The molecule has 0 heterocycles. The van der Waals surface area contributed by atoms with Crippen molar-refractivity contribution in [2.45, 2.75) is 83.7 Å². The first-order chi connectivity index (χ1) is 18.3. The van der Waals surface area contributed by atoms with Crippen LogP contribution in [0.4, 0.5) is 0 Å². The van der Waals surface area contributed by atoms with E-state index in [1.165, 1.54) is 57.1 Å². The number of hydrogen-bond donors (Lipinski definition) is 2. The molecular formula is C32H48LiN2O3S+. The van der Waals surface area contributed by atoms with Gasteiger partial charge in [0.15, 0.2) is 0 Å². The van der Waals surface area contributed by atoms with E-state index in [0.29, 0.717) is 17.7 Å². The van der Waals surface area contributed by atoms with Crippen molar-refractivity contribution in [3.8, 4) is 11.1 Å². The Balaban J connectivity index is 0.00000400. The Morgan fingerprint density at radius 3 is 2.46 bits per heavy atom. The second-order valence-corrected chi connectivity index (χ2v) is 12.1. The van der Waals surface area contributed by atoms with Crippen LogP contribution in [0, 0.1) is 6.92 Å². The summed E-state index contributed by atoms with van der Waals surface area (Å²) in [6.07, 6.45) is 12.5. The maximum Gasteiger partial charge on any atom is 1.00 e. The number of aryl methyl sites for hydroxylation is 1. The van der Waals surface area contributed by atoms with E-state index >= 15 is 0 Å². The van der Waals surface area contributed by atoms with Gasteiger partial charge >= 0.3 is 24.8 Å². The van der Waals surface area contributed by atoms with Crippen LogP contribution >= 0.6 is 11.8 Å². The van der Waals surface area contributed by atoms with Crippen molar-refractivity contribution < 1.29 is 39.5 Å². The Hall–Kier alpha value is -1.71. The quantitative estimate of drug-likeness (QED) is 0.279. The van der Waals surface area contributed by atoms with Gasteiger partial charge in [-0.3, -0.25) is 4.79 Å². The second-order valence-electron chi connectivity index (χ2n) is 11.2. The van der Waals surface area contributed by atoms with E-state index in [9.17, 15) is 14.7 Å². The number of carbonyl (C=O) groups is 2. The predicted octanol–water partition coefficient (Wildman–Crippen LogP) is 3.84. The first kappa shape index (κ1) is 33.5. The number of carboxylic acids is 1. The molecule has 3 rings (SSSR count). The first-order valence-corrected chi connectivity index (χ1v) is 15.7. The van der Waals surface area contributed by atoms with Crippen molar-refractivity contribution in [2.24, 2.45) is 0 Å². The number of quaternary nitrogens is 1. The molecule has 1 fully saturated rings. The number of benzene rings is 2. The molecule has 1 aliphatic rings. The minimum absolute atomic E-state index is 0. The monoisotopic (exact) mass is 547 g/mol. The smallest absolute Gasteiger partial charge is 1.00 e. The van der Waals surface area contributed by atoms with Crippen molar-refractivity contribution in [1.29, 1.82) is 0 Å². The number of nitrogens with zero attached hydrogens (tertiary/aromatic N) is 1. The average molecular weight is 548 g/mol. The predicted molar refractivity (Wildman–Crippen MR) is 161 cm³/mol. The summed E-state index contributed by atoms with van der Waals surface area (Å²) in [5, 5.41) is 12.4. The van der Waals surface area contributed by atoms with Gasteiger partial charge in [0.2, 0.25) is 0 Å². The molecule has 1 aliphatic carbocycles. The van der Waals surface area contributed by atoms with Crippen molar-refractivity contribution in [3.05, 3.63) is 59.2 Å². The van der Waals surface area contributed by atoms with E-state index in [4.69, 9.17) is 0 Å². The summed E-state index contributed by atoms with van der Waals surface area (Å²) in [5.41, 5.74) is 4.77. The molecule has 39 heavy (non-hydrogen) atoms. The number of amides is 1. The number of thioether (sulfide) groups is 1. The third-order valence-corrected chi connectivity index (χ3v) is 9.01. The SMILES string of the molecule is CCCC[N+](C)(CCc1ccc(C(=O)N[C@@H](CCSC)C(=O)O)c(-c2ccccc2C)c1)C1CCCCC1.[H-].[Li+]. The Morgan fingerprint density at radius 1 is 1.10 bits per heavy atom. The number of likely N-dealkylation sites (N-methyl/N-ethyl adjacent to an activating group) is 1. The van der Waals surface area contributed by atoms with Crippen LogP contribution in [0.3, 0.4) is 0 Å². The third-order valence-electron chi connectivity index (χ3n) is 8.37. The second kappa shape index (κ2) is 16.5. The Bertz CT molecular complexity index is 1080. The van der Waals surface area contributed by atoms with Crippen LogP contribution in [0.5, 0.6) is 0 Å². The van der Waals surface area contributed by atoms with Crippen LogP contribution < -0.4 is 24.2 Å². The van der Waals surface area contributed by atoms with Gasteiger partial charge in [0, 0.05) is 12.0 Å². The molecule has 0 aliphatic heterocycles. The molecule has 1 saturated carbocycles. The van der Waals surface area contributed by atoms with Crippen LogP contribution in [0.25, 0.3) is 11.1 Å². The maximum absolute atomic E-state index is 13.4. The fraction of sp³-hybridized carbons (Fsp3) is 0.562. The molecule has 210 valence electrons. The average Bonchev–Trinajstić information content (AvgIpc) is 2.93. The van der Waals surface area contributed by atoms with E-state index in [-0.39, 0.29) is 26.2 Å². The molecular weight excluding hydrogens is 499 g/mol. The molecule has 0 spiro atoms. The summed E-state index contributed by atoms with van der Waals surface area (Å²) in [6.45, 7) is 6.65. The van der Waals surface area contributed by atoms with Crippen LogP contribution in [0.1, 0.15) is 81.2 Å². The number of carbonyl (C=O) groups excluding carboxylic acids is 1. The van der Waals surface area contributed by atoms with Crippen LogP contribution in [0.15, 0.2) is 42.5 Å². The van der Waals surface area contributed by atoms with Crippen molar-refractivity contribution in [3.63, 3.8) is 0 Å². The van der Waals surface area contributed by atoms with Gasteiger partial charge < -0.3 is 16.3 Å². The molecule has 2 atom stereocenters. The zero-order chi connectivity index (χ0) is 27.5. The molecule has 5 nitrogen and oxygen atoms in total. The van der Waals surface area contributed by atoms with Gasteiger partial charge in [0.25, 0.3) is 5.91 Å². The van der Waals surface area contributed by atoms with E-state index < -0.39 is 12.0 Å². The molecule has 2 N–H and O–H groups in total. The molecule has 1 amide bonds. The largest absolute Gasteiger partial charge is 1.00 e. The van der Waals surface area contributed by atoms with Gasteiger partial charge in [-0.1, -0.05) is 56.2 Å².